The molecule has 15 heavy (non-hydrogen) atoms. The first-order valence-electron chi connectivity index (χ1n) is 4.75. The van der Waals surface area contributed by atoms with Crippen molar-refractivity contribution in [1.29, 1.82) is 0 Å². The van der Waals surface area contributed by atoms with Gasteiger partial charge in [-0.2, -0.15) is 0 Å². The van der Waals surface area contributed by atoms with E-state index in [9.17, 15) is 0 Å². The first-order chi connectivity index (χ1) is 7.34. The van der Waals surface area contributed by atoms with Gasteiger partial charge in [0.25, 0.3) is 0 Å². The van der Waals surface area contributed by atoms with Crippen LogP contribution in [0.2, 0.25) is 4.34 Å². The van der Waals surface area contributed by atoms with Gasteiger partial charge in [-0.25, -0.2) is 4.98 Å². The molecule has 0 bridgehead atoms. The van der Waals surface area contributed by atoms with Crippen molar-refractivity contribution in [2.75, 3.05) is 6.54 Å². The lowest BCUT2D eigenvalue weighted by molar-refractivity contribution is 0.572. The highest BCUT2D eigenvalue weighted by Crippen LogP contribution is 2.34. The van der Waals surface area contributed by atoms with E-state index in [0.717, 1.165) is 22.3 Å². The Hall–Kier alpha value is -0.420. The van der Waals surface area contributed by atoms with Crippen molar-refractivity contribution in [2.45, 2.75) is 12.5 Å². The molecular formula is C10H9ClN2S2. The van der Waals surface area contributed by atoms with Crippen molar-refractivity contribution >= 4 is 34.3 Å². The summed E-state index contributed by atoms with van der Waals surface area (Å²) in [6.45, 7) is 1.02. The third-order valence-corrected chi connectivity index (χ3v) is 4.71. The van der Waals surface area contributed by atoms with E-state index in [2.05, 4.69) is 21.7 Å². The SMILES string of the molecule is Clc1cnc(C2NCCc3sccc32)s1. The van der Waals surface area contributed by atoms with Gasteiger partial charge in [0.05, 0.1) is 12.2 Å². The van der Waals surface area contributed by atoms with E-state index in [4.69, 9.17) is 11.6 Å². The Morgan fingerprint density at radius 1 is 1.53 bits per heavy atom. The van der Waals surface area contributed by atoms with E-state index < -0.39 is 0 Å². The maximum atomic E-state index is 5.91. The Bertz CT molecular complexity index is 477. The number of hydrogen-bond donors (Lipinski definition) is 1. The van der Waals surface area contributed by atoms with Gasteiger partial charge in [-0.3, -0.25) is 0 Å². The number of thiazole rings is 1. The Labute approximate surface area is 101 Å². The van der Waals surface area contributed by atoms with Crippen LogP contribution in [0, 0.1) is 0 Å². The van der Waals surface area contributed by atoms with Gasteiger partial charge in [-0.15, -0.1) is 22.7 Å². The zero-order chi connectivity index (χ0) is 10.3. The fraction of sp³-hybridized carbons (Fsp3) is 0.300. The molecule has 1 aliphatic rings. The third-order valence-electron chi connectivity index (χ3n) is 2.53. The molecule has 5 heteroatoms. The number of hydrogen-bond acceptors (Lipinski definition) is 4. The standard InChI is InChI=1S/C10H9ClN2S2/c11-8-5-13-10(15-8)9-6-2-4-14-7(6)1-3-12-9/h2,4-5,9,12H,1,3H2. The van der Waals surface area contributed by atoms with Crippen molar-refractivity contribution in [2.24, 2.45) is 0 Å². The van der Waals surface area contributed by atoms with Crippen molar-refractivity contribution in [3.63, 3.8) is 0 Å². The van der Waals surface area contributed by atoms with Crippen LogP contribution in [-0.2, 0) is 6.42 Å². The lowest BCUT2D eigenvalue weighted by Gasteiger charge is -2.22. The lowest BCUT2D eigenvalue weighted by Crippen LogP contribution is -2.29. The minimum atomic E-state index is 0.248. The Balaban J connectivity index is 2.02. The Kier molecular flexibility index (Phi) is 2.52. The Morgan fingerprint density at radius 3 is 3.27 bits per heavy atom. The molecule has 1 N–H and O–H groups in total. The van der Waals surface area contributed by atoms with Gasteiger partial charge in [0.2, 0.25) is 0 Å². The van der Waals surface area contributed by atoms with E-state index in [-0.39, 0.29) is 6.04 Å². The molecule has 2 nitrogen and oxygen atoms in total. The molecule has 1 unspecified atom stereocenters. The van der Waals surface area contributed by atoms with Crippen LogP contribution in [0.25, 0.3) is 0 Å². The predicted octanol–water partition coefficient (Wildman–Crippen LogP) is 3.09. The smallest absolute Gasteiger partial charge is 0.116 e. The Morgan fingerprint density at radius 2 is 2.47 bits per heavy atom. The van der Waals surface area contributed by atoms with Crippen molar-refractivity contribution in [3.05, 3.63) is 37.4 Å². The largest absolute Gasteiger partial charge is 0.304 e. The first-order valence-corrected chi connectivity index (χ1v) is 6.83. The van der Waals surface area contributed by atoms with Crippen LogP contribution in [0.4, 0.5) is 0 Å². The van der Waals surface area contributed by atoms with Crippen molar-refractivity contribution in [3.8, 4) is 0 Å². The normalized spacial score (nSPS) is 20.2. The van der Waals surface area contributed by atoms with E-state index in [0.29, 0.717) is 0 Å². The van der Waals surface area contributed by atoms with Crippen LogP contribution < -0.4 is 5.32 Å². The summed E-state index contributed by atoms with van der Waals surface area (Å²) in [6.07, 6.45) is 2.85. The number of thiophene rings is 1. The molecule has 1 atom stereocenters. The van der Waals surface area contributed by atoms with Crippen LogP contribution in [0.15, 0.2) is 17.6 Å². The molecule has 0 radical (unpaired) electrons. The van der Waals surface area contributed by atoms with E-state index in [1.807, 2.05) is 11.3 Å². The second-order valence-electron chi connectivity index (χ2n) is 3.44. The quantitative estimate of drug-likeness (QED) is 0.848. The molecule has 0 fully saturated rings. The highest BCUT2D eigenvalue weighted by atomic mass is 35.5. The minimum Gasteiger partial charge on any atom is -0.304 e. The summed E-state index contributed by atoms with van der Waals surface area (Å²) >= 11 is 9.30. The summed E-state index contributed by atoms with van der Waals surface area (Å²) in [4.78, 5) is 5.82. The summed E-state index contributed by atoms with van der Waals surface area (Å²) in [5, 5.41) is 6.71. The molecule has 0 aliphatic carbocycles. The molecule has 3 rings (SSSR count). The molecular weight excluding hydrogens is 248 g/mol. The van der Waals surface area contributed by atoms with Crippen LogP contribution in [0.1, 0.15) is 21.5 Å². The van der Waals surface area contributed by atoms with E-state index >= 15 is 0 Å². The van der Waals surface area contributed by atoms with Gasteiger partial charge in [-0.05, 0) is 23.4 Å². The fourth-order valence-electron chi connectivity index (χ4n) is 1.87. The highest BCUT2D eigenvalue weighted by molar-refractivity contribution is 7.16. The molecule has 2 aromatic heterocycles. The summed E-state index contributed by atoms with van der Waals surface area (Å²) < 4.78 is 0.758. The van der Waals surface area contributed by atoms with E-state index in [1.54, 1.807) is 17.5 Å². The second kappa shape index (κ2) is 3.87. The van der Waals surface area contributed by atoms with Gasteiger partial charge in [-0.1, -0.05) is 11.6 Å². The summed E-state index contributed by atoms with van der Waals surface area (Å²) in [5.74, 6) is 0. The highest BCUT2D eigenvalue weighted by Gasteiger charge is 2.24. The number of nitrogens with one attached hydrogen (secondary N) is 1. The summed E-state index contributed by atoms with van der Waals surface area (Å²) in [7, 11) is 0. The van der Waals surface area contributed by atoms with Gasteiger partial charge >= 0.3 is 0 Å². The monoisotopic (exact) mass is 256 g/mol. The predicted molar refractivity (Wildman–Crippen MR) is 65.0 cm³/mol. The molecule has 1 aliphatic heterocycles. The van der Waals surface area contributed by atoms with Gasteiger partial charge in [0.15, 0.2) is 0 Å². The summed E-state index contributed by atoms with van der Waals surface area (Å²) in [6, 6.07) is 2.43. The number of fused-ring (bicyclic) bond motifs is 1. The minimum absolute atomic E-state index is 0.248. The summed E-state index contributed by atoms with van der Waals surface area (Å²) in [5.41, 5.74) is 1.37. The molecule has 0 amide bonds. The van der Waals surface area contributed by atoms with Gasteiger partial charge < -0.3 is 5.32 Å². The lowest BCUT2D eigenvalue weighted by atomic mass is 10.0. The fourth-order valence-corrected chi connectivity index (χ4v) is 3.82. The third kappa shape index (κ3) is 1.72. The van der Waals surface area contributed by atoms with Gasteiger partial charge in [0, 0.05) is 11.4 Å². The topological polar surface area (TPSA) is 24.9 Å². The molecule has 2 aromatic rings. The molecule has 0 aromatic carbocycles. The average Bonchev–Trinajstić information content (AvgIpc) is 2.84. The number of nitrogens with zero attached hydrogens (tertiary/aromatic N) is 1. The van der Waals surface area contributed by atoms with Crippen molar-refractivity contribution < 1.29 is 0 Å². The van der Waals surface area contributed by atoms with Crippen molar-refractivity contribution in [1.82, 2.24) is 10.3 Å². The van der Waals surface area contributed by atoms with E-state index in [1.165, 1.54) is 10.4 Å². The zero-order valence-electron chi connectivity index (χ0n) is 7.87. The number of aromatic nitrogens is 1. The molecule has 0 spiro atoms. The van der Waals surface area contributed by atoms with Gasteiger partial charge in [0.1, 0.15) is 9.34 Å². The van der Waals surface area contributed by atoms with Crippen LogP contribution in [0.3, 0.4) is 0 Å². The average molecular weight is 257 g/mol. The maximum absolute atomic E-state index is 5.91. The van der Waals surface area contributed by atoms with Crippen LogP contribution in [-0.4, -0.2) is 11.5 Å². The first kappa shape index (κ1) is 9.78. The molecule has 0 saturated carbocycles. The molecule has 3 heterocycles. The number of rotatable bonds is 1. The van der Waals surface area contributed by atoms with Crippen LogP contribution in [0.5, 0.6) is 0 Å². The maximum Gasteiger partial charge on any atom is 0.116 e. The van der Waals surface area contributed by atoms with Crippen LogP contribution >= 0.6 is 34.3 Å². The number of halogens is 1. The zero-order valence-corrected chi connectivity index (χ0v) is 10.3. The molecule has 78 valence electrons. The molecule has 0 saturated heterocycles. The second-order valence-corrected chi connectivity index (χ2v) is 6.13.